The van der Waals surface area contributed by atoms with Crippen molar-refractivity contribution in [3.8, 4) is 5.75 Å². The Hall–Kier alpha value is -2.54. The summed E-state index contributed by atoms with van der Waals surface area (Å²) in [7, 11) is -6.36. The molecule has 1 fully saturated rings. The summed E-state index contributed by atoms with van der Waals surface area (Å²) in [4.78, 5) is 14.0. The zero-order valence-corrected chi connectivity index (χ0v) is 19.2. The van der Waals surface area contributed by atoms with Gasteiger partial charge in [0.2, 0.25) is 26.0 Å². The number of piperazine rings is 1. The summed E-state index contributed by atoms with van der Waals surface area (Å²) in [6, 6.07) is 9.42. The number of nitrogens with zero attached hydrogens (tertiary/aromatic N) is 2. The smallest absolute Gasteiger partial charge is 0.243 e. The molecule has 32 heavy (non-hydrogen) atoms. The third-order valence-corrected chi connectivity index (χ3v) is 8.51. The molecular weight excluding hydrogens is 461 g/mol. The second kappa shape index (κ2) is 9.53. The molecule has 0 saturated carbocycles. The lowest BCUT2D eigenvalue weighted by molar-refractivity contribution is -0.133. The molecule has 2 aromatic rings. The molecule has 1 atom stereocenters. The fourth-order valence-electron chi connectivity index (χ4n) is 3.31. The van der Waals surface area contributed by atoms with E-state index in [4.69, 9.17) is 4.74 Å². The number of hydrogen-bond acceptors (Lipinski definition) is 6. The molecule has 3 rings (SSSR count). The molecule has 12 heteroatoms. The molecule has 1 N–H and O–H groups in total. The zero-order chi connectivity index (χ0) is 23.5. The Labute approximate surface area is 186 Å². The van der Waals surface area contributed by atoms with Gasteiger partial charge in [-0.1, -0.05) is 6.07 Å². The lowest BCUT2D eigenvalue weighted by Gasteiger charge is -2.35. The first-order chi connectivity index (χ1) is 15.0. The number of carbonyl (C=O) groups is 1. The number of ether oxygens (including phenoxy) is 1. The summed E-state index contributed by atoms with van der Waals surface area (Å²) in [5.41, 5.74) is 0. The highest BCUT2D eigenvalue weighted by Gasteiger charge is 2.32. The molecule has 0 bridgehead atoms. The van der Waals surface area contributed by atoms with Crippen LogP contribution in [0.15, 0.2) is 58.3 Å². The molecule has 1 aliphatic heterocycles. The van der Waals surface area contributed by atoms with E-state index in [0.29, 0.717) is 5.75 Å². The van der Waals surface area contributed by atoms with Gasteiger partial charge in [0.25, 0.3) is 0 Å². The van der Waals surface area contributed by atoms with Crippen LogP contribution < -0.4 is 9.46 Å². The zero-order valence-electron chi connectivity index (χ0n) is 17.6. The largest absolute Gasteiger partial charge is 0.497 e. The van der Waals surface area contributed by atoms with Crippen LogP contribution in [0.25, 0.3) is 0 Å². The summed E-state index contributed by atoms with van der Waals surface area (Å²) in [6.45, 7) is 1.63. The molecule has 2 aromatic carbocycles. The topological polar surface area (TPSA) is 113 Å². The number of hydrogen-bond donors (Lipinski definition) is 1. The van der Waals surface area contributed by atoms with E-state index in [1.165, 1.54) is 59.6 Å². The number of sulfonamides is 2. The molecule has 1 amide bonds. The Kier molecular flexibility index (Phi) is 7.18. The Morgan fingerprint density at radius 3 is 2.19 bits per heavy atom. The predicted molar refractivity (Wildman–Crippen MR) is 115 cm³/mol. The Morgan fingerprint density at radius 2 is 1.62 bits per heavy atom. The van der Waals surface area contributed by atoms with Crippen LogP contribution in [0.1, 0.15) is 6.92 Å². The lowest BCUT2D eigenvalue weighted by atomic mass is 10.2. The van der Waals surface area contributed by atoms with Crippen molar-refractivity contribution in [2.75, 3.05) is 33.3 Å². The van der Waals surface area contributed by atoms with Gasteiger partial charge in [-0.25, -0.2) is 21.2 Å². The van der Waals surface area contributed by atoms with Gasteiger partial charge >= 0.3 is 0 Å². The SMILES string of the molecule is COc1ccc(S(=O)(=O)N[C@@H](C)C(=O)N2CCN(S(=O)(=O)c3cccc(F)c3)CC2)cc1. The molecule has 0 spiro atoms. The van der Waals surface area contributed by atoms with Gasteiger partial charge in [-0.05, 0) is 49.4 Å². The average Bonchev–Trinajstić information content (AvgIpc) is 2.78. The molecule has 1 heterocycles. The van der Waals surface area contributed by atoms with Crippen LogP contribution in [0.3, 0.4) is 0 Å². The highest BCUT2D eigenvalue weighted by Crippen LogP contribution is 2.19. The number of benzene rings is 2. The Balaban J connectivity index is 1.62. The highest BCUT2D eigenvalue weighted by molar-refractivity contribution is 7.89. The van der Waals surface area contributed by atoms with Crippen LogP contribution >= 0.6 is 0 Å². The van der Waals surface area contributed by atoms with E-state index in [1.807, 2.05) is 0 Å². The quantitative estimate of drug-likeness (QED) is 0.627. The minimum absolute atomic E-state index is 0.0102. The molecule has 0 aromatic heterocycles. The minimum atomic E-state index is -3.94. The molecule has 1 aliphatic rings. The third kappa shape index (κ3) is 5.26. The average molecular weight is 486 g/mol. The van der Waals surface area contributed by atoms with Gasteiger partial charge in [-0.3, -0.25) is 4.79 Å². The van der Waals surface area contributed by atoms with Crippen molar-refractivity contribution in [2.24, 2.45) is 0 Å². The first-order valence-electron chi connectivity index (χ1n) is 9.75. The molecule has 174 valence electrons. The van der Waals surface area contributed by atoms with Crippen molar-refractivity contribution < 1.29 is 30.8 Å². The molecule has 0 unspecified atom stereocenters. The Morgan fingerprint density at radius 1 is 1.00 bits per heavy atom. The molecule has 0 radical (unpaired) electrons. The Bertz CT molecular complexity index is 1180. The first kappa shape index (κ1) is 24.1. The molecule has 9 nitrogen and oxygen atoms in total. The molecule has 1 saturated heterocycles. The van der Waals surface area contributed by atoms with Gasteiger partial charge in [0.05, 0.1) is 22.9 Å². The lowest BCUT2D eigenvalue weighted by Crippen LogP contribution is -2.55. The van der Waals surface area contributed by atoms with E-state index in [9.17, 15) is 26.0 Å². The van der Waals surface area contributed by atoms with Crippen molar-refractivity contribution in [3.05, 3.63) is 54.3 Å². The predicted octanol–water partition coefficient (Wildman–Crippen LogP) is 1.03. The maximum absolute atomic E-state index is 13.4. The number of methoxy groups -OCH3 is 1. The summed E-state index contributed by atoms with van der Waals surface area (Å²) in [5, 5.41) is 0. The third-order valence-electron chi connectivity index (χ3n) is 5.06. The number of rotatable bonds is 7. The van der Waals surface area contributed by atoms with Gasteiger partial charge in [-0.15, -0.1) is 0 Å². The molecular formula is C20H24FN3O6S2. The highest BCUT2D eigenvalue weighted by atomic mass is 32.2. The fourth-order valence-corrected chi connectivity index (χ4v) is 5.96. The number of carbonyl (C=O) groups excluding carboxylic acids is 1. The van der Waals surface area contributed by atoms with Crippen LogP contribution in [0.5, 0.6) is 5.75 Å². The van der Waals surface area contributed by atoms with Gasteiger partial charge in [0, 0.05) is 26.2 Å². The van der Waals surface area contributed by atoms with Crippen molar-refractivity contribution in [2.45, 2.75) is 22.8 Å². The first-order valence-corrected chi connectivity index (χ1v) is 12.7. The van der Waals surface area contributed by atoms with Gasteiger partial charge in [0.1, 0.15) is 11.6 Å². The number of halogens is 1. The van der Waals surface area contributed by atoms with Crippen LogP contribution in [-0.4, -0.2) is 71.3 Å². The number of nitrogens with one attached hydrogen (secondary N) is 1. The summed E-state index contributed by atoms with van der Waals surface area (Å²) < 4.78 is 72.5. The van der Waals surface area contributed by atoms with E-state index in [-0.39, 0.29) is 36.0 Å². The van der Waals surface area contributed by atoms with Crippen LogP contribution in [-0.2, 0) is 24.8 Å². The van der Waals surface area contributed by atoms with Gasteiger partial charge in [-0.2, -0.15) is 9.03 Å². The normalized spacial score (nSPS) is 16.5. The van der Waals surface area contributed by atoms with Crippen molar-refractivity contribution in [1.82, 2.24) is 13.9 Å². The van der Waals surface area contributed by atoms with Crippen LogP contribution in [0, 0.1) is 5.82 Å². The summed E-state index contributed by atoms with van der Waals surface area (Å²) in [5.74, 6) is -0.623. The second-order valence-corrected chi connectivity index (χ2v) is 10.9. The van der Waals surface area contributed by atoms with E-state index in [0.717, 1.165) is 12.1 Å². The molecule has 0 aliphatic carbocycles. The maximum atomic E-state index is 13.4. The second-order valence-electron chi connectivity index (χ2n) is 7.21. The van der Waals surface area contributed by atoms with Crippen molar-refractivity contribution in [3.63, 3.8) is 0 Å². The van der Waals surface area contributed by atoms with E-state index >= 15 is 0 Å². The fraction of sp³-hybridized carbons (Fsp3) is 0.350. The van der Waals surface area contributed by atoms with E-state index in [1.54, 1.807) is 0 Å². The summed E-state index contributed by atoms with van der Waals surface area (Å²) >= 11 is 0. The van der Waals surface area contributed by atoms with Crippen molar-refractivity contribution in [1.29, 1.82) is 0 Å². The van der Waals surface area contributed by atoms with Crippen LogP contribution in [0.2, 0.25) is 0 Å². The van der Waals surface area contributed by atoms with Crippen LogP contribution in [0.4, 0.5) is 4.39 Å². The standard InChI is InChI=1S/C20H24FN3O6S2/c1-15(22-31(26,27)18-8-6-17(30-2)7-9-18)20(25)23-10-12-24(13-11-23)32(28,29)19-5-3-4-16(21)14-19/h3-9,14-15,22H,10-13H2,1-2H3/t15-/m0/s1. The van der Waals surface area contributed by atoms with E-state index < -0.39 is 37.8 Å². The van der Waals surface area contributed by atoms with Gasteiger partial charge in [0.15, 0.2) is 0 Å². The maximum Gasteiger partial charge on any atom is 0.243 e. The van der Waals surface area contributed by atoms with E-state index in [2.05, 4.69) is 4.72 Å². The van der Waals surface area contributed by atoms with Gasteiger partial charge < -0.3 is 9.64 Å². The summed E-state index contributed by atoms with van der Waals surface area (Å²) in [6.07, 6.45) is 0. The number of amides is 1. The van der Waals surface area contributed by atoms with Crippen molar-refractivity contribution >= 4 is 26.0 Å². The minimum Gasteiger partial charge on any atom is -0.497 e. The monoisotopic (exact) mass is 485 g/mol.